The fraction of sp³-hybridized carbons (Fsp3) is 0.875. The molecule has 0 bridgehead atoms. The Kier molecular flexibility index (Phi) is 43.6. The summed E-state index contributed by atoms with van der Waals surface area (Å²) in [7, 11) is 0. The molecule has 1 fully saturated rings. The third kappa shape index (κ3) is 36.1. The third-order valence-corrected chi connectivity index (χ3v) is 13.2. The third-order valence-electron chi connectivity index (χ3n) is 13.2. The van der Waals surface area contributed by atoms with Crippen LogP contribution >= 0.6 is 0 Å². The smallest absolute Gasteiger partial charge is 0.220 e. The van der Waals surface area contributed by atoms with Gasteiger partial charge < -0.3 is 40.3 Å². The Morgan fingerprint density at radius 2 is 0.877 bits per heavy atom. The molecule has 7 unspecified atom stereocenters. The number of aliphatic hydroxyl groups is 5. The van der Waals surface area contributed by atoms with Crippen LogP contribution in [0.2, 0.25) is 0 Å². The topological polar surface area (TPSA) is 149 Å². The highest BCUT2D eigenvalue weighted by Gasteiger charge is 2.44. The number of unbranched alkanes of at least 4 members (excludes halogenated alkanes) is 33. The summed E-state index contributed by atoms with van der Waals surface area (Å²) in [6.07, 6.45) is 52.1. The molecule has 382 valence electrons. The van der Waals surface area contributed by atoms with Crippen LogP contribution in [-0.2, 0) is 14.3 Å². The minimum absolute atomic E-state index is 0.193. The molecular weight excluding hydrogens is 815 g/mol. The standard InChI is InChI=1S/C56H105NO8/c1-3-5-7-9-11-13-15-17-19-21-22-23-24-25-26-27-28-29-30-31-33-35-37-39-41-43-45-50(59)49(48-64-56-55(63)54(62)53(61)51(47-58)65-56)57-52(60)46-44-42-40-38-36-34-32-20-18-16-14-12-10-8-6-4-2/h20,32,35,37,43,45,49-51,53-56,58-59,61-63H,3-19,21-31,33-34,36,38-42,44,46-48H2,1-2H3,(H,57,60)/b32-20-,37-35+,45-43+. The predicted molar refractivity (Wildman–Crippen MR) is 272 cm³/mol. The summed E-state index contributed by atoms with van der Waals surface area (Å²) in [6, 6.07) is -0.825. The molecule has 1 aliphatic rings. The molecule has 0 aromatic rings. The second kappa shape index (κ2) is 46.2. The Bertz CT molecular complexity index is 1110. The Morgan fingerprint density at radius 1 is 0.508 bits per heavy atom. The van der Waals surface area contributed by atoms with Gasteiger partial charge in [-0.25, -0.2) is 0 Å². The first-order chi connectivity index (χ1) is 31.8. The van der Waals surface area contributed by atoms with Crippen molar-refractivity contribution >= 4 is 5.91 Å². The van der Waals surface area contributed by atoms with Gasteiger partial charge in [0.05, 0.1) is 25.4 Å². The van der Waals surface area contributed by atoms with Crippen molar-refractivity contribution in [2.45, 2.75) is 301 Å². The highest BCUT2D eigenvalue weighted by Crippen LogP contribution is 2.23. The molecule has 1 heterocycles. The second-order valence-electron chi connectivity index (χ2n) is 19.4. The number of hydrogen-bond acceptors (Lipinski definition) is 8. The maximum atomic E-state index is 13.0. The van der Waals surface area contributed by atoms with Crippen molar-refractivity contribution in [1.82, 2.24) is 5.32 Å². The molecule has 1 rings (SSSR count). The molecule has 0 radical (unpaired) electrons. The number of carbonyl (C=O) groups is 1. The number of rotatable bonds is 47. The van der Waals surface area contributed by atoms with Crippen LogP contribution in [0.1, 0.15) is 258 Å². The van der Waals surface area contributed by atoms with Crippen molar-refractivity contribution in [3.8, 4) is 0 Å². The van der Waals surface area contributed by atoms with Crippen molar-refractivity contribution in [1.29, 1.82) is 0 Å². The van der Waals surface area contributed by atoms with Crippen LogP contribution in [0.25, 0.3) is 0 Å². The van der Waals surface area contributed by atoms with Crippen LogP contribution in [0.5, 0.6) is 0 Å². The monoisotopic (exact) mass is 920 g/mol. The van der Waals surface area contributed by atoms with Gasteiger partial charge in [-0.15, -0.1) is 0 Å². The molecule has 0 aromatic heterocycles. The fourth-order valence-electron chi connectivity index (χ4n) is 8.76. The molecule has 7 atom stereocenters. The molecule has 1 saturated heterocycles. The van der Waals surface area contributed by atoms with E-state index in [1.807, 2.05) is 6.08 Å². The maximum absolute atomic E-state index is 13.0. The zero-order chi connectivity index (χ0) is 47.3. The number of amides is 1. The van der Waals surface area contributed by atoms with Crippen molar-refractivity contribution in [3.05, 3.63) is 36.5 Å². The van der Waals surface area contributed by atoms with Crippen LogP contribution in [0, 0.1) is 0 Å². The number of hydrogen-bond donors (Lipinski definition) is 6. The first kappa shape index (κ1) is 61.4. The van der Waals surface area contributed by atoms with Gasteiger partial charge in [0.1, 0.15) is 24.4 Å². The predicted octanol–water partition coefficient (Wildman–Crippen LogP) is 13.2. The lowest BCUT2D eigenvalue weighted by atomic mass is 9.99. The van der Waals surface area contributed by atoms with Crippen molar-refractivity contribution in [2.24, 2.45) is 0 Å². The van der Waals surface area contributed by atoms with E-state index in [1.54, 1.807) is 6.08 Å². The summed E-state index contributed by atoms with van der Waals surface area (Å²) in [4.78, 5) is 13.0. The van der Waals surface area contributed by atoms with Gasteiger partial charge in [0, 0.05) is 6.42 Å². The average Bonchev–Trinajstić information content (AvgIpc) is 3.31. The normalized spacial score (nSPS) is 20.1. The average molecular weight is 920 g/mol. The molecule has 0 spiro atoms. The number of ether oxygens (including phenoxy) is 2. The molecule has 9 heteroatoms. The lowest BCUT2D eigenvalue weighted by molar-refractivity contribution is -0.302. The molecule has 65 heavy (non-hydrogen) atoms. The van der Waals surface area contributed by atoms with E-state index in [-0.39, 0.29) is 12.5 Å². The lowest BCUT2D eigenvalue weighted by Gasteiger charge is -2.40. The molecule has 1 aliphatic heterocycles. The van der Waals surface area contributed by atoms with Gasteiger partial charge >= 0.3 is 0 Å². The Morgan fingerprint density at radius 3 is 1.29 bits per heavy atom. The van der Waals surface area contributed by atoms with Crippen molar-refractivity contribution in [2.75, 3.05) is 13.2 Å². The summed E-state index contributed by atoms with van der Waals surface area (Å²) in [5.41, 5.74) is 0. The molecule has 0 aromatic carbocycles. The summed E-state index contributed by atoms with van der Waals surface area (Å²) >= 11 is 0. The Balaban J connectivity index is 2.26. The largest absolute Gasteiger partial charge is 0.394 e. The minimum Gasteiger partial charge on any atom is -0.394 e. The highest BCUT2D eigenvalue weighted by atomic mass is 16.7. The zero-order valence-corrected chi connectivity index (χ0v) is 42.3. The number of allylic oxidation sites excluding steroid dienone is 5. The molecule has 9 nitrogen and oxygen atoms in total. The zero-order valence-electron chi connectivity index (χ0n) is 42.3. The van der Waals surface area contributed by atoms with Gasteiger partial charge in [0.2, 0.25) is 5.91 Å². The lowest BCUT2D eigenvalue weighted by Crippen LogP contribution is -2.60. The van der Waals surface area contributed by atoms with E-state index < -0.39 is 49.5 Å². The fourth-order valence-corrected chi connectivity index (χ4v) is 8.76. The van der Waals surface area contributed by atoms with Gasteiger partial charge in [-0.1, -0.05) is 230 Å². The summed E-state index contributed by atoms with van der Waals surface area (Å²) in [5, 5.41) is 54.4. The maximum Gasteiger partial charge on any atom is 0.220 e. The molecular formula is C56H105NO8. The quantitative estimate of drug-likeness (QED) is 0.0261. The molecule has 0 aliphatic carbocycles. The summed E-state index contributed by atoms with van der Waals surface area (Å²) in [5.74, 6) is -0.193. The molecule has 0 saturated carbocycles. The van der Waals surface area contributed by atoms with Gasteiger partial charge in [0.15, 0.2) is 6.29 Å². The van der Waals surface area contributed by atoms with E-state index in [2.05, 4.69) is 43.5 Å². The highest BCUT2D eigenvalue weighted by molar-refractivity contribution is 5.76. The van der Waals surface area contributed by atoms with Gasteiger partial charge in [0.25, 0.3) is 0 Å². The van der Waals surface area contributed by atoms with Crippen molar-refractivity contribution < 1.29 is 39.8 Å². The number of carbonyl (C=O) groups excluding carboxylic acids is 1. The van der Waals surface area contributed by atoms with Crippen molar-refractivity contribution in [3.63, 3.8) is 0 Å². The number of nitrogens with one attached hydrogen (secondary N) is 1. The van der Waals surface area contributed by atoms with E-state index in [0.29, 0.717) is 6.42 Å². The minimum atomic E-state index is -1.57. The van der Waals surface area contributed by atoms with E-state index in [0.717, 1.165) is 57.8 Å². The molecule has 6 N–H and O–H groups in total. The van der Waals surface area contributed by atoms with E-state index in [9.17, 15) is 30.3 Å². The van der Waals surface area contributed by atoms with Gasteiger partial charge in [-0.3, -0.25) is 4.79 Å². The SMILES string of the molecule is CCCCCCCCC/C=C\CCCCCCCC(=O)NC(COC1OC(CO)C(O)C(O)C1O)C(O)/C=C/CC/C=C/CCCCCCCCCCCCCCCCCCCCCC. The van der Waals surface area contributed by atoms with E-state index >= 15 is 0 Å². The summed E-state index contributed by atoms with van der Waals surface area (Å²) < 4.78 is 11.2. The van der Waals surface area contributed by atoms with E-state index in [1.165, 1.54) is 180 Å². The summed E-state index contributed by atoms with van der Waals surface area (Å²) in [6.45, 7) is 3.77. The first-order valence-electron chi connectivity index (χ1n) is 27.7. The van der Waals surface area contributed by atoms with Gasteiger partial charge in [-0.05, 0) is 57.8 Å². The van der Waals surface area contributed by atoms with Crippen LogP contribution in [0.4, 0.5) is 0 Å². The Labute approximate surface area is 400 Å². The van der Waals surface area contributed by atoms with Gasteiger partial charge in [-0.2, -0.15) is 0 Å². The van der Waals surface area contributed by atoms with E-state index in [4.69, 9.17) is 9.47 Å². The second-order valence-corrected chi connectivity index (χ2v) is 19.4. The number of aliphatic hydroxyl groups excluding tert-OH is 5. The first-order valence-corrected chi connectivity index (χ1v) is 27.7. The van der Waals surface area contributed by atoms with Crippen LogP contribution in [0.3, 0.4) is 0 Å². The van der Waals surface area contributed by atoms with Crippen LogP contribution in [0.15, 0.2) is 36.5 Å². The Hall–Kier alpha value is -1.59. The van der Waals surface area contributed by atoms with Crippen LogP contribution in [-0.4, -0.2) is 87.5 Å². The molecule has 1 amide bonds. The van der Waals surface area contributed by atoms with Crippen LogP contribution < -0.4 is 5.32 Å².